The molecule has 20 heavy (non-hydrogen) atoms. The molecule has 1 saturated carbocycles. The molecule has 0 spiro atoms. The van der Waals surface area contributed by atoms with E-state index in [1.54, 1.807) is 0 Å². The standard InChI is InChI=1S/C17H28N2O/c1-3-14(2)19-11-10-16(18-19)13-17(20)12-15-8-6-4-5-7-9-15/h10-11,14-15H,3-9,12-13H2,1-2H3. The van der Waals surface area contributed by atoms with E-state index in [0.717, 1.165) is 18.5 Å². The van der Waals surface area contributed by atoms with E-state index >= 15 is 0 Å². The molecule has 0 N–H and O–H groups in total. The molecule has 1 aromatic rings. The fourth-order valence-corrected chi connectivity index (χ4v) is 3.07. The van der Waals surface area contributed by atoms with Gasteiger partial charge in [0.25, 0.3) is 0 Å². The summed E-state index contributed by atoms with van der Waals surface area (Å²) in [5, 5.41) is 4.53. The van der Waals surface area contributed by atoms with Gasteiger partial charge in [-0.3, -0.25) is 9.48 Å². The number of aromatic nitrogens is 2. The van der Waals surface area contributed by atoms with Crippen LogP contribution in [0.3, 0.4) is 0 Å². The van der Waals surface area contributed by atoms with Gasteiger partial charge in [0.2, 0.25) is 0 Å². The number of rotatable bonds is 6. The number of Topliss-reactive ketones (excluding diaryl/α,β-unsaturated/α-hetero) is 1. The van der Waals surface area contributed by atoms with E-state index in [9.17, 15) is 4.79 Å². The second-order valence-electron chi connectivity index (χ2n) is 6.32. The van der Waals surface area contributed by atoms with Crippen LogP contribution in [0.5, 0.6) is 0 Å². The Balaban J connectivity index is 1.82. The highest BCUT2D eigenvalue weighted by molar-refractivity contribution is 5.80. The Labute approximate surface area is 122 Å². The van der Waals surface area contributed by atoms with Crippen molar-refractivity contribution in [1.29, 1.82) is 0 Å². The monoisotopic (exact) mass is 276 g/mol. The molecule has 3 heteroatoms. The Bertz CT molecular complexity index is 416. The van der Waals surface area contributed by atoms with Gasteiger partial charge < -0.3 is 0 Å². The van der Waals surface area contributed by atoms with Gasteiger partial charge in [-0.2, -0.15) is 5.10 Å². The predicted octanol–water partition coefficient (Wildman–Crippen LogP) is 4.33. The molecule has 3 nitrogen and oxygen atoms in total. The summed E-state index contributed by atoms with van der Waals surface area (Å²) in [6.07, 6.45) is 12.1. The largest absolute Gasteiger partial charge is 0.299 e. The van der Waals surface area contributed by atoms with Crippen molar-refractivity contribution in [2.45, 2.75) is 77.7 Å². The first kappa shape index (κ1) is 15.3. The average molecular weight is 276 g/mol. The molecule has 1 atom stereocenters. The smallest absolute Gasteiger partial charge is 0.139 e. The van der Waals surface area contributed by atoms with Crippen molar-refractivity contribution < 1.29 is 4.79 Å². The Hall–Kier alpha value is -1.12. The summed E-state index contributed by atoms with van der Waals surface area (Å²) < 4.78 is 1.98. The molecule has 1 aliphatic rings. The first-order chi connectivity index (χ1) is 9.69. The summed E-state index contributed by atoms with van der Waals surface area (Å²) in [7, 11) is 0. The van der Waals surface area contributed by atoms with Gasteiger partial charge in [0.1, 0.15) is 5.78 Å². The number of carbonyl (C=O) groups excluding carboxylic acids is 1. The van der Waals surface area contributed by atoms with Crippen molar-refractivity contribution in [2.75, 3.05) is 0 Å². The number of hydrogen-bond acceptors (Lipinski definition) is 2. The van der Waals surface area contributed by atoms with Crippen LogP contribution in [0.15, 0.2) is 12.3 Å². The van der Waals surface area contributed by atoms with Crippen LogP contribution < -0.4 is 0 Å². The lowest BCUT2D eigenvalue weighted by Crippen LogP contribution is -2.11. The van der Waals surface area contributed by atoms with Crippen molar-refractivity contribution >= 4 is 5.78 Å². The molecule has 1 fully saturated rings. The maximum Gasteiger partial charge on any atom is 0.139 e. The number of hydrogen-bond donors (Lipinski definition) is 0. The van der Waals surface area contributed by atoms with E-state index in [1.165, 1.54) is 38.5 Å². The van der Waals surface area contributed by atoms with Crippen molar-refractivity contribution in [2.24, 2.45) is 5.92 Å². The van der Waals surface area contributed by atoms with Crippen LogP contribution in [0.25, 0.3) is 0 Å². The molecule has 2 rings (SSSR count). The van der Waals surface area contributed by atoms with Gasteiger partial charge in [0, 0.05) is 18.7 Å². The predicted molar refractivity (Wildman–Crippen MR) is 81.7 cm³/mol. The summed E-state index contributed by atoms with van der Waals surface area (Å²) >= 11 is 0. The van der Waals surface area contributed by atoms with E-state index in [4.69, 9.17) is 0 Å². The third-order valence-corrected chi connectivity index (χ3v) is 4.58. The fourth-order valence-electron chi connectivity index (χ4n) is 3.07. The second kappa shape index (κ2) is 7.61. The number of carbonyl (C=O) groups is 1. The molecule has 0 aromatic carbocycles. The minimum Gasteiger partial charge on any atom is -0.299 e. The molecule has 1 aromatic heterocycles. The van der Waals surface area contributed by atoms with Gasteiger partial charge in [-0.05, 0) is 25.3 Å². The van der Waals surface area contributed by atoms with Crippen LogP contribution in [0.2, 0.25) is 0 Å². The normalized spacial score (nSPS) is 18.7. The van der Waals surface area contributed by atoms with Gasteiger partial charge in [-0.15, -0.1) is 0 Å². The van der Waals surface area contributed by atoms with E-state index < -0.39 is 0 Å². The van der Waals surface area contributed by atoms with E-state index in [2.05, 4.69) is 18.9 Å². The molecular weight excluding hydrogens is 248 g/mol. The van der Waals surface area contributed by atoms with E-state index in [1.807, 2.05) is 16.9 Å². The quantitative estimate of drug-likeness (QED) is 0.725. The Morgan fingerprint density at radius 1 is 1.35 bits per heavy atom. The SMILES string of the molecule is CCC(C)n1ccc(CC(=O)CC2CCCCCC2)n1. The van der Waals surface area contributed by atoms with Gasteiger partial charge >= 0.3 is 0 Å². The summed E-state index contributed by atoms with van der Waals surface area (Å²) in [5.74, 6) is 0.993. The zero-order chi connectivity index (χ0) is 14.4. The number of ketones is 1. The molecule has 0 aliphatic heterocycles. The lowest BCUT2D eigenvalue weighted by Gasteiger charge is -2.12. The van der Waals surface area contributed by atoms with Gasteiger partial charge in [0.15, 0.2) is 0 Å². The highest BCUT2D eigenvalue weighted by atomic mass is 16.1. The summed E-state index contributed by atoms with van der Waals surface area (Å²) in [6, 6.07) is 2.41. The zero-order valence-electron chi connectivity index (χ0n) is 13.0. The molecule has 1 unspecified atom stereocenters. The van der Waals surface area contributed by atoms with Crippen molar-refractivity contribution in [1.82, 2.24) is 9.78 Å². The first-order valence-corrected chi connectivity index (χ1v) is 8.24. The second-order valence-corrected chi connectivity index (χ2v) is 6.32. The Kier molecular flexibility index (Phi) is 5.81. The molecule has 0 saturated heterocycles. The molecule has 0 amide bonds. The van der Waals surface area contributed by atoms with Gasteiger partial charge in [0.05, 0.1) is 12.1 Å². The van der Waals surface area contributed by atoms with Crippen LogP contribution in [0.4, 0.5) is 0 Å². The Morgan fingerprint density at radius 2 is 2.05 bits per heavy atom. The van der Waals surface area contributed by atoms with Crippen LogP contribution >= 0.6 is 0 Å². The fraction of sp³-hybridized carbons (Fsp3) is 0.765. The maximum absolute atomic E-state index is 12.2. The minimum atomic E-state index is 0.367. The van der Waals surface area contributed by atoms with Crippen molar-refractivity contribution in [3.63, 3.8) is 0 Å². The maximum atomic E-state index is 12.2. The topological polar surface area (TPSA) is 34.9 Å². The third kappa shape index (κ3) is 4.46. The van der Waals surface area contributed by atoms with Crippen LogP contribution in [0, 0.1) is 5.92 Å². The minimum absolute atomic E-state index is 0.367. The highest BCUT2D eigenvalue weighted by Gasteiger charge is 2.17. The average Bonchev–Trinajstić information content (AvgIpc) is 2.74. The zero-order valence-corrected chi connectivity index (χ0v) is 13.0. The van der Waals surface area contributed by atoms with Gasteiger partial charge in [-0.1, -0.05) is 45.4 Å². The molecule has 1 heterocycles. The third-order valence-electron chi connectivity index (χ3n) is 4.58. The van der Waals surface area contributed by atoms with Crippen molar-refractivity contribution in [3.05, 3.63) is 18.0 Å². The van der Waals surface area contributed by atoms with E-state index in [-0.39, 0.29) is 0 Å². The molecular formula is C17H28N2O. The molecule has 0 radical (unpaired) electrons. The molecule has 0 bridgehead atoms. The first-order valence-electron chi connectivity index (χ1n) is 8.24. The highest BCUT2D eigenvalue weighted by Crippen LogP contribution is 2.26. The summed E-state index contributed by atoms with van der Waals surface area (Å²) in [5.41, 5.74) is 0.934. The number of nitrogens with zero attached hydrogens (tertiary/aromatic N) is 2. The van der Waals surface area contributed by atoms with E-state index in [0.29, 0.717) is 24.2 Å². The van der Waals surface area contributed by atoms with Crippen LogP contribution in [0.1, 0.15) is 76.9 Å². The molecule has 1 aliphatic carbocycles. The summed E-state index contributed by atoms with van der Waals surface area (Å²) in [4.78, 5) is 12.2. The Morgan fingerprint density at radius 3 is 2.70 bits per heavy atom. The van der Waals surface area contributed by atoms with Crippen molar-refractivity contribution in [3.8, 4) is 0 Å². The molecule has 112 valence electrons. The van der Waals surface area contributed by atoms with Gasteiger partial charge in [-0.25, -0.2) is 0 Å². The lowest BCUT2D eigenvalue weighted by molar-refractivity contribution is -0.119. The summed E-state index contributed by atoms with van der Waals surface area (Å²) in [6.45, 7) is 4.31. The van der Waals surface area contributed by atoms with Crippen LogP contribution in [-0.2, 0) is 11.2 Å². The van der Waals surface area contributed by atoms with Crippen LogP contribution in [-0.4, -0.2) is 15.6 Å². The lowest BCUT2D eigenvalue weighted by atomic mass is 9.93.